The third-order valence-electron chi connectivity index (χ3n) is 5.44. The van der Waals surface area contributed by atoms with Gasteiger partial charge in [0, 0.05) is 12.2 Å². The Morgan fingerprint density at radius 3 is 2.56 bits per heavy atom. The Morgan fingerprint density at radius 1 is 1.30 bits per heavy atom. The van der Waals surface area contributed by atoms with Crippen molar-refractivity contribution in [3.8, 4) is 0 Å². The minimum absolute atomic E-state index is 0.0318. The van der Waals surface area contributed by atoms with E-state index in [0.717, 1.165) is 24.1 Å². The molecular weight excluding hydrogens is 364 g/mol. The number of hydrogen-bond donors (Lipinski definition) is 2. The number of hydrogen-bond acceptors (Lipinski definition) is 4. The Labute approximate surface area is 164 Å². The summed E-state index contributed by atoms with van der Waals surface area (Å²) in [6.07, 6.45) is 8.05. The third kappa shape index (κ3) is 5.61. The van der Waals surface area contributed by atoms with E-state index >= 15 is 0 Å². The summed E-state index contributed by atoms with van der Waals surface area (Å²) in [5.41, 5.74) is 1.45. The first-order valence-electron chi connectivity index (χ1n) is 9.58. The van der Waals surface area contributed by atoms with Crippen LogP contribution < -0.4 is 10.9 Å². The molecule has 0 unspecified atom stereocenters. The fourth-order valence-corrected chi connectivity index (χ4v) is 4.10. The summed E-state index contributed by atoms with van der Waals surface area (Å²) in [6, 6.07) is 0.593. The van der Waals surface area contributed by atoms with Crippen LogP contribution in [0.2, 0.25) is 0 Å². The maximum Gasteiger partial charge on any atom is 0.326 e. The highest BCUT2D eigenvalue weighted by Crippen LogP contribution is 2.25. The number of carbonyl (C=O) groups excluding carboxylic acids is 1. The fraction of sp³-hybridized carbons (Fsp3) is 0.650. The third-order valence-corrected chi connectivity index (χ3v) is 6.08. The predicted molar refractivity (Wildman–Crippen MR) is 109 cm³/mol. The van der Waals surface area contributed by atoms with Crippen LogP contribution in [0.3, 0.4) is 0 Å². The zero-order valence-electron chi connectivity index (χ0n) is 16.4. The minimum atomic E-state index is -1.08. The molecule has 1 amide bonds. The van der Waals surface area contributed by atoms with Crippen LogP contribution in [-0.4, -0.2) is 39.6 Å². The van der Waals surface area contributed by atoms with E-state index in [0.29, 0.717) is 24.6 Å². The van der Waals surface area contributed by atoms with Gasteiger partial charge in [-0.2, -0.15) is 11.8 Å². The average Bonchev–Trinajstić information content (AvgIpc) is 2.65. The quantitative estimate of drug-likeness (QED) is 0.708. The molecule has 0 saturated heterocycles. The SMILES string of the molecule is CSCC[C@@H](NC(=O)c1cc(C)c(C)n(CC2CCCCC2)c1=O)C(=O)O. The Hall–Kier alpha value is -1.76. The predicted octanol–water partition coefficient (Wildman–Crippen LogP) is 2.98. The second kappa shape index (κ2) is 9.97. The number of amides is 1. The van der Waals surface area contributed by atoms with Gasteiger partial charge in [-0.05, 0) is 62.7 Å². The van der Waals surface area contributed by atoms with Gasteiger partial charge < -0.3 is 15.0 Å². The number of rotatable bonds is 8. The molecule has 0 aromatic carbocycles. The number of thioether (sulfide) groups is 1. The lowest BCUT2D eigenvalue weighted by atomic mass is 9.89. The molecule has 7 heteroatoms. The minimum Gasteiger partial charge on any atom is -0.480 e. The van der Waals surface area contributed by atoms with Crippen molar-refractivity contribution >= 4 is 23.6 Å². The van der Waals surface area contributed by atoms with E-state index in [1.165, 1.54) is 31.0 Å². The second-order valence-corrected chi connectivity index (χ2v) is 8.38. The van der Waals surface area contributed by atoms with Gasteiger partial charge in [0.2, 0.25) is 0 Å². The molecule has 1 saturated carbocycles. The van der Waals surface area contributed by atoms with Crippen LogP contribution in [-0.2, 0) is 11.3 Å². The normalized spacial score (nSPS) is 16.1. The number of pyridine rings is 1. The van der Waals surface area contributed by atoms with Crippen molar-refractivity contribution in [2.75, 3.05) is 12.0 Å². The van der Waals surface area contributed by atoms with Crippen LogP contribution >= 0.6 is 11.8 Å². The second-order valence-electron chi connectivity index (χ2n) is 7.39. The smallest absolute Gasteiger partial charge is 0.326 e. The average molecular weight is 395 g/mol. The molecule has 0 radical (unpaired) electrons. The van der Waals surface area contributed by atoms with E-state index in [2.05, 4.69) is 5.32 Å². The van der Waals surface area contributed by atoms with Gasteiger partial charge in [-0.1, -0.05) is 19.3 Å². The van der Waals surface area contributed by atoms with E-state index in [1.807, 2.05) is 20.1 Å². The van der Waals surface area contributed by atoms with E-state index in [-0.39, 0.29) is 11.1 Å². The molecule has 1 aromatic rings. The van der Waals surface area contributed by atoms with Gasteiger partial charge in [-0.15, -0.1) is 0 Å². The van der Waals surface area contributed by atoms with Gasteiger partial charge in [0.05, 0.1) is 0 Å². The van der Waals surface area contributed by atoms with Gasteiger partial charge in [0.15, 0.2) is 0 Å². The summed E-state index contributed by atoms with van der Waals surface area (Å²) in [5, 5.41) is 11.8. The Bertz CT molecular complexity index is 738. The van der Waals surface area contributed by atoms with E-state index < -0.39 is 17.9 Å². The van der Waals surface area contributed by atoms with Gasteiger partial charge in [-0.25, -0.2) is 4.79 Å². The molecular formula is C20H30N2O4S. The zero-order valence-corrected chi connectivity index (χ0v) is 17.2. The summed E-state index contributed by atoms with van der Waals surface area (Å²) >= 11 is 1.52. The molecule has 1 aromatic heterocycles. The summed E-state index contributed by atoms with van der Waals surface area (Å²) in [7, 11) is 0. The first-order valence-corrected chi connectivity index (χ1v) is 11.0. The van der Waals surface area contributed by atoms with Crippen molar-refractivity contribution in [2.24, 2.45) is 5.92 Å². The van der Waals surface area contributed by atoms with Crippen molar-refractivity contribution < 1.29 is 14.7 Å². The molecule has 1 fully saturated rings. The highest BCUT2D eigenvalue weighted by molar-refractivity contribution is 7.98. The van der Waals surface area contributed by atoms with Crippen LogP contribution in [0.4, 0.5) is 0 Å². The maximum absolute atomic E-state index is 13.0. The zero-order chi connectivity index (χ0) is 20.0. The fourth-order valence-electron chi connectivity index (χ4n) is 3.63. The van der Waals surface area contributed by atoms with Crippen molar-refractivity contribution in [3.05, 3.63) is 33.2 Å². The summed E-state index contributed by atoms with van der Waals surface area (Å²) < 4.78 is 1.71. The Morgan fingerprint density at radius 2 is 1.96 bits per heavy atom. The summed E-state index contributed by atoms with van der Waals surface area (Å²) in [5.74, 6) is -0.602. The lowest BCUT2D eigenvalue weighted by molar-refractivity contribution is -0.139. The highest BCUT2D eigenvalue weighted by atomic mass is 32.2. The van der Waals surface area contributed by atoms with Crippen LogP contribution in [0.1, 0.15) is 60.1 Å². The number of nitrogens with one attached hydrogen (secondary N) is 1. The van der Waals surface area contributed by atoms with Crippen LogP contribution in [0.15, 0.2) is 10.9 Å². The van der Waals surface area contributed by atoms with Gasteiger partial charge >= 0.3 is 5.97 Å². The molecule has 0 bridgehead atoms. The monoisotopic (exact) mass is 394 g/mol. The lowest BCUT2D eigenvalue weighted by Crippen LogP contribution is -2.44. The molecule has 1 aliphatic rings. The topological polar surface area (TPSA) is 88.4 Å². The van der Waals surface area contributed by atoms with E-state index in [1.54, 1.807) is 10.6 Å². The molecule has 1 aliphatic carbocycles. The van der Waals surface area contributed by atoms with E-state index in [4.69, 9.17) is 0 Å². The molecule has 150 valence electrons. The number of carboxylic acids is 1. The standard InChI is InChI=1S/C20H30N2O4S/c1-13-11-16(18(23)21-17(20(25)26)9-10-27-3)19(24)22(14(13)2)12-15-7-5-4-6-8-15/h11,15,17H,4-10,12H2,1-3H3,(H,21,23)(H,25,26)/t17-/m1/s1. The van der Waals surface area contributed by atoms with Gasteiger partial charge in [-0.3, -0.25) is 9.59 Å². The van der Waals surface area contributed by atoms with Gasteiger partial charge in [0.25, 0.3) is 11.5 Å². The number of nitrogens with zero attached hydrogens (tertiary/aromatic N) is 1. The van der Waals surface area contributed by atoms with Crippen LogP contribution in [0.25, 0.3) is 0 Å². The van der Waals surface area contributed by atoms with Crippen molar-refractivity contribution in [1.29, 1.82) is 0 Å². The molecule has 0 spiro atoms. The van der Waals surface area contributed by atoms with Crippen LogP contribution in [0.5, 0.6) is 0 Å². The number of aliphatic carboxylic acids is 1. The largest absolute Gasteiger partial charge is 0.480 e. The molecule has 2 rings (SSSR count). The lowest BCUT2D eigenvalue weighted by Gasteiger charge is -2.24. The highest BCUT2D eigenvalue weighted by Gasteiger charge is 2.24. The first kappa shape index (κ1) is 21.5. The summed E-state index contributed by atoms with van der Waals surface area (Å²) in [4.78, 5) is 37.0. The molecule has 27 heavy (non-hydrogen) atoms. The number of carbonyl (C=O) groups is 2. The Kier molecular flexibility index (Phi) is 7.95. The molecule has 1 heterocycles. The van der Waals surface area contributed by atoms with Crippen molar-refractivity contribution in [3.63, 3.8) is 0 Å². The van der Waals surface area contributed by atoms with Gasteiger partial charge in [0.1, 0.15) is 11.6 Å². The number of carboxylic acid groups (broad SMARTS) is 1. The number of aryl methyl sites for hydroxylation is 1. The molecule has 0 aliphatic heterocycles. The molecule has 6 nitrogen and oxygen atoms in total. The van der Waals surface area contributed by atoms with Crippen molar-refractivity contribution in [2.45, 2.75) is 65.0 Å². The first-order chi connectivity index (χ1) is 12.8. The van der Waals surface area contributed by atoms with Crippen molar-refractivity contribution in [1.82, 2.24) is 9.88 Å². The Balaban J connectivity index is 2.26. The molecule has 1 atom stereocenters. The van der Waals surface area contributed by atoms with E-state index in [9.17, 15) is 19.5 Å². The summed E-state index contributed by atoms with van der Waals surface area (Å²) in [6.45, 7) is 4.41. The van der Waals surface area contributed by atoms with Crippen LogP contribution in [0, 0.1) is 19.8 Å². The maximum atomic E-state index is 13.0. The molecule has 2 N–H and O–H groups in total. The number of aromatic nitrogens is 1.